The minimum Gasteiger partial charge on any atom is -0.325 e. The summed E-state index contributed by atoms with van der Waals surface area (Å²) < 4.78 is 0. The summed E-state index contributed by atoms with van der Waals surface area (Å²) in [6.07, 6.45) is 1.77. The topological polar surface area (TPSA) is 105 Å². The van der Waals surface area contributed by atoms with Crippen molar-refractivity contribution in [2.45, 2.75) is 33.1 Å². The Morgan fingerprint density at radius 2 is 1.89 bits per heavy atom. The van der Waals surface area contributed by atoms with E-state index in [0.29, 0.717) is 47.2 Å². The van der Waals surface area contributed by atoms with Gasteiger partial charge in [-0.2, -0.15) is 0 Å². The highest BCUT2D eigenvalue weighted by atomic mass is 16.2. The van der Waals surface area contributed by atoms with Crippen LogP contribution in [0, 0.1) is 13.8 Å². The van der Waals surface area contributed by atoms with Gasteiger partial charge in [0.15, 0.2) is 5.78 Å². The summed E-state index contributed by atoms with van der Waals surface area (Å²) >= 11 is 0. The number of carbonyl (C=O) groups excluding carboxylic acids is 2. The van der Waals surface area contributed by atoms with Crippen LogP contribution in [0.1, 0.15) is 50.6 Å². The molecule has 1 aliphatic carbocycles. The molecule has 4 rings (SSSR count). The van der Waals surface area contributed by atoms with Gasteiger partial charge in [-0.05, 0) is 44.9 Å². The number of aromatic amines is 1. The predicted octanol–water partition coefficient (Wildman–Crippen LogP) is 2.71. The van der Waals surface area contributed by atoms with E-state index < -0.39 is 11.5 Å². The first kappa shape index (κ1) is 17.1. The third kappa shape index (κ3) is 3.01. The number of para-hydroxylation sites is 1. The van der Waals surface area contributed by atoms with Gasteiger partial charge in [0.25, 0.3) is 11.5 Å². The van der Waals surface area contributed by atoms with Gasteiger partial charge in [0, 0.05) is 17.7 Å². The van der Waals surface area contributed by atoms with Crippen LogP contribution in [-0.2, 0) is 6.42 Å². The SMILES string of the molecule is Cc1nc2cccc(NC(=O)c3cc4c([nH]c3=O)CCCC4=O)c2nc1C. The highest BCUT2D eigenvalue weighted by molar-refractivity contribution is 6.09. The first-order valence-corrected chi connectivity index (χ1v) is 8.79. The van der Waals surface area contributed by atoms with Crippen molar-refractivity contribution in [2.24, 2.45) is 0 Å². The van der Waals surface area contributed by atoms with Crippen LogP contribution in [0.3, 0.4) is 0 Å². The number of nitrogens with one attached hydrogen (secondary N) is 2. The number of hydrogen-bond acceptors (Lipinski definition) is 5. The molecule has 27 heavy (non-hydrogen) atoms. The lowest BCUT2D eigenvalue weighted by molar-refractivity contribution is 0.0971. The fraction of sp³-hybridized carbons (Fsp3) is 0.250. The standard InChI is InChI=1S/C20H18N4O3/c1-10-11(2)22-18-15(21-10)6-3-7-16(18)24-20(27)13-9-12-14(23-19(13)26)5-4-8-17(12)25/h3,6-7,9H,4-5,8H2,1-2H3,(H,23,26)(H,24,27). The van der Waals surface area contributed by atoms with Crippen LogP contribution in [0.25, 0.3) is 11.0 Å². The molecule has 136 valence electrons. The van der Waals surface area contributed by atoms with Gasteiger partial charge in [-0.1, -0.05) is 6.07 Å². The van der Waals surface area contributed by atoms with E-state index >= 15 is 0 Å². The normalized spacial score (nSPS) is 13.5. The summed E-state index contributed by atoms with van der Waals surface area (Å²) in [5, 5.41) is 2.74. The average Bonchev–Trinajstić information content (AvgIpc) is 2.63. The number of ketones is 1. The number of nitrogens with zero attached hydrogens (tertiary/aromatic N) is 2. The number of hydrogen-bond donors (Lipinski definition) is 2. The van der Waals surface area contributed by atoms with Crippen molar-refractivity contribution in [1.82, 2.24) is 15.0 Å². The molecule has 0 fully saturated rings. The molecule has 1 aromatic carbocycles. The predicted molar refractivity (Wildman–Crippen MR) is 101 cm³/mol. The van der Waals surface area contributed by atoms with Crippen molar-refractivity contribution in [3.8, 4) is 0 Å². The van der Waals surface area contributed by atoms with Crippen molar-refractivity contribution >= 4 is 28.4 Å². The zero-order valence-electron chi connectivity index (χ0n) is 15.0. The van der Waals surface area contributed by atoms with Gasteiger partial charge in [-0.15, -0.1) is 0 Å². The Hall–Kier alpha value is -3.35. The van der Waals surface area contributed by atoms with E-state index in [2.05, 4.69) is 20.3 Å². The molecule has 1 aliphatic rings. The molecule has 0 bridgehead atoms. The zero-order valence-corrected chi connectivity index (χ0v) is 15.0. The first-order valence-electron chi connectivity index (χ1n) is 8.79. The van der Waals surface area contributed by atoms with Crippen LogP contribution >= 0.6 is 0 Å². The van der Waals surface area contributed by atoms with Gasteiger partial charge < -0.3 is 10.3 Å². The third-order valence-corrected chi connectivity index (χ3v) is 4.85. The molecule has 2 heterocycles. The van der Waals surface area contributed by atoms with E-state index in [1.54, 1.807) is 12.1 Å². The van der Waals surface area contributed by atoms with Crippen molar-refractivity contribution in [2.75, 3.05) is 5.32 Å². The molecule has 0 saturated carbocycles. The molecule has 7 heteroatoms. The quantitative estimate of drug-likeness (QED) is 0.729. The van der Waals surface area contributed by atoms with Gasteiger partial charge in [-0.3, -0.25) is 14.4 Å². The van der Waals surface area contributed by atoms with E-state index in [4.69, 9.17) is 0 Å². The molecule has 1 amide bonds. The molecule has 2 N–H and O–H groups in total. The summed E-state index contributed by atoms with van der Waals surface area (Å²) in [4.78, 5) is 48.8. The van der Waals surface area contributed by atoms with Crippen LogP contribution in [-0.4, -0.2) is 26.6 Å². The van der Waals surface area contributed by atoms with Gasteiger partial charge in [0.2, 0.25) is 0 Å². The number of benzene rings is 1. The molecule has 0 unspecified atom stereocenters. The van der Waals surface area contributed by atoms with E-state index in [1.165, 1.54) is 6.07 Å². The van der Waals surface area contributed by atoms with Crippen molar-refractivity contribution in [1.29, 1.82) is 0 Å². The minimum absolute atomic E-state index is 0.0522. The second kappa shape index (κ2) is 6.42. The second-order valence-electron chi connectivity index (χ2n) is 6.70. The fourth-order valence-corrected chi connectivity index (χ4v) is 3.28. The van der Waals surface area contributed by atoms with Gasteiger partial charge in [0.1, 0.15) is 11.1 Å². The number of fused-ring (bicyclic) bond motifs is 2. The third-order valence-electron chi connectivity index (χ3n) is 4.85. The Kier molecular flexibility index (Phi) is 4.07. The number of H-pyrrole nitrogens is 1. The van der Waals surface area contributed by atoms with E-state index in [0.717, 1.165) is 11.4 Å². The van der Waals surface area contributed by atoms with Crippen LogP contribution in [0.15, 0.2) is 29.1 Å². The van der Waals surface area contributed by atoms with Crippen LogP contribution in [0.5, 0.6) is 0 Å². The highest BCUT2D eigenvalue weighted by Gasteiger charge is 2.22. The maximum Gasteiger partial charge on any atom is 0.261 e. The van der Waals surface area contributed by atoms with Gasteiger partial charge in [0.05, 0.1) is 22.6 Å². The maximum absolute atomic E-state index is 12.7. The molecule has 3 aromatic rings. The highest BCUT2D eigenvalue weighted by Crippen LogP contribution is 2.23. The number of anilines is 1. The lowest BCUT2D eigenvalue weighted by atomic mass is 9.93. The van der Waals surface area contributed by atoms with Crippen LogP contribution in [0.2, 0.25) is 0 Å². The Morgan fingerprint density at radius 1 is 1.11 bits per heavy atom. The van der Waals surface area contributed by atoms with Gasteiger partial charge >= 0.3 is 0 Å². The molecule has 0 saturated heterocycles. The largest absolute Gasteiger partial charge is 0.325 e. The maximum atomic E-state index is 12.7. The average molecular weight is 362 g/mol. The van der Waals surface area contributed by atoms with Crippen molar-refractivity contribution in [3.05, 3.63) is 62.8 Å². The van der Waals surface area contributed by atoms with Crippen LogP contribution in [0.4, 0.5) is 5.69 Å². The van der Waals surface area contributed by atoms with E-state index in [-0.39, 0.29) is 11.3 Å². The Morgan fingerprint density at radius 3 is 2.70 bits per heavy atom. The monoisotopic (exact) mass is 362 g/mol. The molecular formula is C20H18N4O3. The fourth-order valence-electron chi connectivity index (χ4n) is 3.28. The number of amides is 1. The summed E-state index contributed by atoms with van der Waals surface area (Å²) in [6, 6.07) is 6.69. The molecular weight excluding hydrogens is 344 g/mol. The number of carbonyl (C=O) groups is 2. The van der Waals surface area contributed by atoms with E-state index in [9.17, 15) is 14.4 Å². The summed E-state index contributed by atoms with van der Waals surface area (Å²) in [6.45, 7) is 3.72. The van der Waals surface area contributed by atoms with E-state index in [1.807, 2.05) is 19.9 Å². The second-order valence-corrected chi connectivity index (χ2v) is 6.70. The molecule has 0 atom stereocenters. The number of rotatable bonds is 2. The molecule has 0 radical (unpaired) electrons. The van der Waals surface area contributed by atoms with Crippen molar-refractivity contribution < 1.29 is 9.59 Å². The van der Waals surface area contributed by atoms with Gasteiger partial charge in [-0.25, -0.2) is 9.97 Å². The Labute approximate surface area is 154 Å². The number of aryl methyl sites for hydroxylation is 3. The lowest BCUT2D eigenvalue weighted by Gasteiger charge is -2.15. The molecule has 2 aromatic heterocycles. The number of Topliss-reactive ketones (excluding diaryl/α,β-unsaturated/α-hetero) is 1. The Bertz CT molecular complexity index is 1160. The first-order chi connectivity index (χ1) is 12.9. The van der Waals surface area contributed by atoms with Crippen molar-refractivity contribution in [3.63, 3.8) is 0 Å². The lowest BCUT2D eigenvalue weighted by Crippen LogP contribution is -2.27. The van der Waals surface area contributed by atoms with Crippen LogP contribution < -0.4 is 10.9 Å². The molecule has 7 nitrogen and oxygen atoms in total. The minimum atomic E-state index is -0.579. The zero-order chi connectivity index (χ0) is 19.1. The number of aromatic nitrogens is 3. The summed E-state index contributed by atoms with van der Waals surface area (Å²) in [7, 11) is 0. The summed E-state index contributed by atoms with van der Waals surface area (Å²) in [5.41, 5.74) is 3.71. The molecule has 0 aliphatic heterocycles. The Balaban J connectivity index is 1.74. The molecule has 0 spiro atoms. The summed E-state index contributed by atoms with van der Waals surface area (Å²) in [5.74, 6) is -0.631. The smallest absolute Gasteiger partial charge is 0.261 e. The number of pyridine rings is 1.